The lowest BCUT2D eigenvalue weighted by Gasteiger charge is -2.35. The Kier molecular flexibility index (Phi) is 10.2. The molecule has 0 unspecified atom stereocenters. The Morgan fingerprint density at radius 1 is 1.09 bits per heavy atom. The monoisotopic (exact) mass is 644 g/mol. The molecular weight excluding hydrogens is 607 g/mol. The number of halogens is 2. The number of carbonyl (C=O) groups is 1. The zero-order valence-corrected chi connectivity index (χ0v) is 26.3. The Bertz CT molecular complexity index is 1500. The molecule has 1 aliphatic heterocycles. The van der Waals surface area contributed by atoms with E-state index >= 15 is 0 Å². The van der Waals surface area contributed by atoms with Crippen LogP contribution in [0.4, 0.5) is 0 Å². The number of carboxylic acids is 1. The number of hydrogen-bond acceptors (Lipinski definition) is 8. The second-order valence-electron chi connectivity index (χ2n) is 11.5. The van der Waals surface area contributed by atoms with Crippen molar-refractivity contribution in [2.45, 2.75) is 50.5 Å². The number of hydrogen-bond donors (Lipinski definition) is 4. The van der Waals surface area contributed by atoms with Crippen molar-refractivity contribution in [3.63, 3.8) is 0 Å². The van der Waals surface area contributed by atoms with Crippen LogP contribution in [-0.2, 0) is 17.8 Å². The predicted octanol–water partition coefficient (Wildman–Crippen LogP) is 5.11. The Morgan fingerprint density at radius 3 is 2.55 bits per heavy atom. The van der Waals surface area contributed by atoms with Crippen molar-refractivity contribution in [1.29, 1.82) is 0 Å². The first-order valence-corrected chi connectivity index (χ1v) is 15.5. The van der Waals surface area contributed by atoms with E-state index in [2.05, 4.69) is 22.3 Å². The number of methoxy groups -OCH3 is 1. The van der Waals surface area contributed by atoms with Gasteiger partial charge in [-0.1, -0.05) is 53.5 Å². The first-order chi connectivity index (χ1) is 21.1. The zero-order chi connectivity index (χ0) is 31.4. The second kappa shape index (κ2) is 13.9. The van der Waals surface area contributed by atoms with E-state index in [4.69, 9.17) is 37.4 Å². The summed E-state index contributed by atoms with van der Waals surface area (Å²) in [6, 6.07) is 15.4. The van der Waals surface area contributed by atoms with E-state index in [0.29, 0.717) is 39.5 Å². The number of fused-ring (bicyclic) bond motifs is 1. The summed E-state index contributed by atoms with van der Waals surface area (Å²) in [5.41, 5.74) is 3.28. The molecule has 44 heavy (non-hydrogen) atoms. The van der Waals surface area contributed by atoms with Gasteiger partial charge in [0.2, 0.25) is 0 Å². The van der Waals surface area contributed by atoms with E-state index in [1.807, 2.05) is 24.3 Å². The summed E-state index contributed by atoms with van der Waals surface area (Å²) < 4.78 is 18.1. The number of nitrogens with one attached hydrogen (secondary N) is 1. The van der Waals surface area contributed by atoms with E-state index in [1.54, 1.807) is 12.1 Å². The van der Waals surface area contributed by atoms with Gasteiger partial charge in [-0.05, 0) is 55.0 Å². The van der Waals surface area contributed by atoms with Crippen LogP contribution in [-0.4, -0.2) is 77.8 Å². The lowest BCUT2D eigenvalue weighted by Crippen LogP contribution is -2.52. The quantitative estimate of drug-likeness (QED) is 0.178. The molecule has 11 heteroatoms. The maximum atomic E-state index is 11.6. The number of aliphatic hydroxyl groups excluding tert-OH is 2. The van der Waals surface area contributed by atoms with Gasteiger partial charge in [0.1, 0.15) is 28.9 Å². The number of nitrogens with zero attached hydrogens (tertiary/aromatic N) is 1. The number of carboxylic acid groups (broad SMARTS) is 1. The number of β-amino-alcohol motifs (C(OH)–C–C–N with tert-alkyl or cyclic N) is 1. The Balaban J connectivity index is 1.30. The highest BCUT2D eigenvalue weighted by Gasteiger charge is 2.32. The SMILES string of the molecule is COc1cc(O[C@H]2CCc3c(-c4cccc(OCCCN5CC(O)C5)c4Cl)cccc32)c(Cl)cc1CN[C@@](C)(CO)C(=O)O. The lowest BCUT2D eigenvalue weighted by atomic mass is 9.96. The van der Waals surface area contributed by atoms with Crippen LogP contribution in [0.2, 0.25) is 10.0 Å². The largest absolute Gasteiger partial charge is 0.496 e. The minimum absolute atomic E-state index is 0.119. The molecule has 2 atom stereocenters. The van der Waals surface area contributed by atoms with E-state index in [1.165, 1.54) is 14.0 Å². The summed E-state index contributed by atoms with van der Waals surface area (Å²) in [5, 5.41) is 32.3. The number of rotatable bonds is 14. The maximum absolute atomic E-state index is 11.6. The van der Waals surface area contributed by atoms with Gasteiger partial charge in [-0.15, -0.1) is 0 Å². The fourth-order valence-corrected chi connectivity index (χ4v) is 6.17. The Morgan fingerprint density at radius 2 is 1.84 bits per heavy atom. The van der Waals surface area contributed by atoms with Gasteiger partial charge in [0.15, 0.2) is 0 Å². The van der Waals surface area contributed by atoms with E-state index in [-0.39, 0.29) is 18.8 Å². The van der Waals surface area contributed by atoms with Gasteiger partial charge in [0.05, 0.1) is 36.5 Å². The Labute approximate surface area is 267 Å². The predicted molar refractivity (Wildman–Crippen MR) is 169 cm³/mol. The molecule has 3 aromatic carbocycles. The molecule has 3 aromatic rings. The highest BCUT2D eigenvalue weighted by Crippen LogP contribution is 2.45. The number of aliphatic carboxylic acids is 1. The number of aliphatic hydroxyl groups is 2. The molecule has 0 bridgehead atoms. The molecule has 4 N–H and O–H groups in total. The summed E-state index contributed by atoms with van der Waals surface area (Å²) in [6.45, 7) is 3.82. The van der Waals surface area contributed by atoms with Gasteiger partial charge in [-0.3, -0.25) is 15.0 Å². The fourth-order valence-electron chi connectivity index (χ4n) is 5.65. The molecule has 0 amide bonds. The topological polar surface area (TPSA) is 121 Å². The molecule has 0 spiro atoms. The summed E-state index contributed by atoms with van der Waals surface area (Å²) in [5.74, 6) is 0.428. The third kappa shape index (κ3) is 6.93. The molecule has 1 heterocycles. The van der Waals surface area contributed by atoms with Crippen LogP contribution < -0.4 is 19.5 Å². The van der Waals surface area contributed by atoms with Gasteiger partial charge < -0.3 is 29.5 Å². The first-order valence-electron chi connectivity index (χ1n) is 14.7. The Hall–Kier alpha value is -3.05. The molecule has 0 radical (unpaired) electrons. The normalized spacial score (nSPS) is 17.9. The van der Waals surface area contributed by atoms with Crippen LogP contribution in [0.1, 0.15) is 42.6 Å². The highest BCUT2D eigenvalue weighted by atomic mass is 35.5. The smallest absolute Gasteiger partial charge is 0.326 e. The van der Waals surface area contributed by atoms with E-state index in [0.717, 1.165) is 61.2 Å². The average Bonchev–Trinajstić information content (AvgIpc) is 3.41. The van der Waals surface area contributed by atoms with Crippen molar-refractivity contribution in [1.82, 2.24) is 10.2 Å². The zero-order valence-electron chi connectivity index (χ0n) is 24.8. The van der Waals surface area contributed by atoms with E-state index < -0.39 is 18.1 Å². The van der Waals surface area contributed by atoms with Gasteiger partial charge in [0, 0.05) is 43.4 Å². The third-order valence-electron chi connectivity index (χ3n) is 8.34. The van der Waals surface area contributed by atoms with Crippen molar-refractivity contribution < 1.29 is 34.3 Å². The van der Waals surface area contributed by atoms with Gasteiger partial charge in [-0.2, -0.15) is 0 Å². The summed E-state index contributed by atoms with van der Waals surface area (Å²) >= 11 is 13.5. The lowest BCUT2D eigenvalue weighted by molar-refractivity contribution is -0.145. The second-order valence-corrected chi connectivity index (χ2v) is 12.3. The van der Waals surface area contributed by atoms with Crippen molar-refractivity contribution in [3.8, 4) is 28.4 Å². The molecular formula is C33H38Cl2N2O7. The molecule has 236 valence electrons. The minimum atomic E-state index is -1.51. The van der Waals surface area contributed by atoms with Crippen molar-refractivity contribution in [2.75, 3.05) is 40.0 Å². The number of likely N-dealkylation sites (tertiary alicyclic amines) is 1. The minimum Gasteiger partial charge on any atom is -0.496 e. The molecule has 1 aliphatic carbocycles. The van der Waals surface area contributed by atoms with Gasteiger partial charge in [0.25, 0.3) is 0 Å². The maximum Gasteiger partial charge on any atom is 0.326 e. The molecule has 0 aromatic heterocycles. The molecule has 2 aliphatic rings. The van der Waals surface area contributed by atoms with Crippen LogP contribution in [0.5, 0.6) is 17.2 Å². The van der Waals surface area contributed by atoms with Crippen molar-refractivity contribution in [2.24, 2.45) is 0 Å². The summed E-state index contributed by atoms with van der Waals surface area (Å²) in [6.07, 6.45) is 1.96. The first kappa shape index (κ1) is 32.3. The van der Waals surface area contributed by atoms with E-state index in [9.17, 15) is 20.1 Å². The van der Waals surface area contributed by atoms with Crippen LogP contribution in [0.25, 0.3) is 11.1 Å². The standard InChI is InChI=1S/C33H38Cl2N2O7/c1-33(19-38,32(40)41)36-16-20-14-26(34)30(15-29(20)42-2)44-27-11-10-23-22(6-3-7-24(23)27)25-8-4-9-28(31(25)35)43-13-5-12-37-17-21(39)18-37/h3-4,6-9,14-15,21,27,36,38-39H,5,10-13,16-19H2,1-2H3,(H,40,41)/t27-,33-/m0/s1. The molecule has 1 saturated heterocycles. The fraction of sp³-hybridized carbons (Fsp3) is 0.424. The molecule has 1 fully saturated rings. The van der Waals surface area contributed by atoms with Crippen LogP contribution in [0.15, 0.2) is 48.5 Å². The van der Waals surface area contributed by atoms with Crippen LogP contribution in [0.3, 0.4) is 0 Å². The summed E-state index contributed by atoms with van der Waals surface area (Å²) in [7, 11) is 1.52. The summed E-state index contributed by atoms with van der Waals surface area (Å²) in [4.78, 5) is 13.8. The number of benzene rings is 3. The average molecular weight is 646 g/mol. The molecule has 5 rings (SSSR count). The number of ether oxygens (including phenoxy) is 3. The highest BCUT2D eigenvalue weighted by molar-refractivity contribution is 6.35. The van der Waals surface area contributed by atoms with Crippen molar-refractivity contribution in [3.05, 3.63) is 75.3 Å². The van der Waals surface area contributed by atoms with Crippen molar-refractivity contribution >= 4 is 29.2 Å². The molecule has 0 saturated carbocycles. The van der Waals surface area contributed by atoms with Gasteiger partial charge in [-0.25, -0.2) is 0 Å². The van der Waals surface area contributed by atoms with Crippen LogP contribution >= 0.6 is 23.2 Å². The third-order valence-corrected chi connectivity index (χ3v) is 9.03. The van der Waals surface area contributed by atoms with Crippen LogP contribution in [0, 0.1) is 0 Å². The molecule has 9 nitrogen and oxygen atoms in total. The van der Waals surface area contributed by atoms with Gasteiger partial charge >= 0.3 is 5.97 Å².